The van der Waals surface area contributed by atoms with Gasteiger partial charge in [-0.25, -0.2) is 22.5 Å². The lowest BCUT2D eigenvalue weighted by Crippen LogP contribution is -2.52. The van der Waals surface area contributed by atoms with Gasteiger partial charge in [-0.05, 0) is 48.5 Å². The molecule has 0 radical (unpaired) electrons. The van der Waals surface area contributed by atoms with Crippen LogP contribution < -0.4 is 29.6 Å². The molecule has 0 spiro atoms. The molecule has 12 nitrogen and oxygen atoms in total. The highest BCUT2D eigenvalue weighted by atomic mass is 35.5. The van der Waals surface area contributed by atoms with E-state index in [1.54, 1.807) is 12.1 Å². The molecule has 18 heteroatoms. The number of nitrogens with two attached hydrogens (primary N) is 1. The Balaban J connectivity index is 1.61. The van der Waals surface area contributed by atoms with Gasteiger partial charge in [0.2, 0.25) is 0 Å². The van der Waals surface area contributed by atoms with E-state index in [1.807, 2.05) is 0 Å². The fourth-order valence-electron chi connectivity index (χ4n) is 3.73. The number of alkyl halides is 3. The predicted molar refractivity (Wildman–Crippen MR) is 146 cm³/mol. The Hall–Kier alpha value is -3.14. The van der Waals surface area contributed by atoms with E-state index in [2.05, 4.69) is 4.98 Å². The Morgan fingerprint density at radius 2 is 1.67 bits per heavy atom. The first-order chi connectivity index (χ1) is 19.9. The topological polar surface area (TPSA) is 154 Å². The minimum Gasteiger partial charge on any atom is -0.497 e. The first kappa shape index (κ1) is 31.8. The molecule has 228 valence electrons. The molecule has 2 heterocycles. The fourth-order valence-corrected chi connectivity index (χ4v) is 6.20. The number of anilines is 1. The molecular formula is C24H24ClF3N3O9PS. The van der Waals surface area contributed by atoms with Gasteiger partial charge in [0.25, 0.3) is 6.43 Å². The Kier molecular flexibility index (Phi) is 9.85. The summed E-state index contributed by atoms with van der Waals surface area (Å²) in [5, 5.41) is 10.3. The van der Waals surface area contributed by atoms with Gasteiger partial charge < -0.3 is 33.8 Å². The van der Waals surface area contributed by atoms with E-state index in [9.17, 15) is 23.2 Å². The summed E-state index contributed by atoms with van der Waals surface area (Å²) in [4.78, 5) is 15.7. The molecule has 1 aliphatic heterocycles. The summed E-state index contributed by atoms with van der Waals surface area (Å²) in [6.45, 7) is -5.95. The average Bonchev–Trinajstić information content (AvgIpc) is 3.24. The maximum Gasteiger partial charge on any atom is 0.478 e. The summed E-state index contributed by atoms with van der Waals surface area (Å²) in [6.07, 6.45) is -10.0. The van der Waals surface area contributed by atoms with Crippen molar-refractivity contribution in [2.75, 3.05) is 26.6 Å². The minimum absolute atomic E-state index is 0.0284. The number of nitrogens with zero attached hydrogens (tertiary/aromatic N) is 2. The Morgan fingerprint density at radius 1 is 1.12 bits per heavy atom. The second kappa shape index (κ2) is 13.0. The van der Waals surface area contributed by atoms with E-state index < -0.39 is 49.6 Å². The van der Waals surface area contributed by atoms with Crippen LogP contribution >= 0.6 is 30.1 Å². The summed E-state index contributed by atoms with van der Waals surface area (Å²) in [6, 6.07) is 11.7. The third-order valence-electron chi connectivity index (χ3n) is 6.00. The third-order valence-corrected chi connectivity index (χ3v) is 8.93. The van der Waals surface area contributed by atoms with Crippen molar-refractivity contribution >= 4 is 35.9 Å². The summed E-state index contributed by atoms with van der Waals surface area (Å²) in [5.74, 6) is 0.686. The van der Waals surface area contributed by atoms with Crippen molar-refractivity contribution in [3.05, 3.63) is 70.2 Å². The van der Waals surface area contributed by atoms with E-state index in [1.165, 1.54) is 50.6 Å². The molecule has 1 aromatic heterocycles. The molecule has 2 aromatic carbocycles. The highest BCUT2D eigenvalue weighted by Crippen LogP contribution is 2.61. The van der Waals surface area contributed by atoms with Crippen molar-refractivity contribution in [1.82, 2.24) is 9.55 Å². The number of hydrogen-bond acceptors (Lipinski definition) is 12. The van der Waals surface area contributed by atoms with Gasteiger partial charge in [0.15, 0.2) is 29.7 Å². The lowest BCUT2D eigenvalue weighted by molar-refractivity contribution is -0.192. The van der Waals surface area contributed by atoms with Gasteiger partial charge in [-0.3, -0.25) is 9.09 Å². The van der Waals surface area contributed by atoms with E-state index in [4.69, 9.17) is 44.8 Å². The lowest BCUT2D eigenvalue weighted by Gasteiger charge is -2.31. The number of aromatic nitrogens is 2. The molecule has 1 fully saturated rings. The zero-order chi connectivity index (χ0) is 30.7. The Bertz CT molecular complexity index is 1490. The van der Waals surface area contributed by atoms with Crippen LogP contribution in [0.1, 0.15) is 6.23 Å². The third kappa shape index (κ3) is 6.74. The number of aliphatic hydroxyl groups excluding tert-OH is 1. The maximum atomic E-state index is 15.2. The van der Waals surface area contributed by atoms with Gasteiger partial charge >= 0.3 is 12.5 Å². The van der Waals surface area contributed by atoms with Crippen molar-refractivity contribution in [3.8, 4) is 23.0 Å². The fraction of sp³-hybridized carbons (Fsp3) is 0.333. The van der Waals surface area contributed by atoms with Crippen molar-refractivity contribution in [2.45, 2.75) is 30.5 Å². The second-order valence-electron chi connectivity index (χ2n) is 8.64. The van der Waals surface area contributed by atoms with Crippen molar-refractivity contribution in [1.29, 1.82) is 0 Å². The molecule has 1 unspecified atom stereocenters. The maximum absolute atomic E-state index is 15.2. The summed E-state index contributed by atoms with van der Waals surface area (Å²) in [7, 11) is 2.88. The molecule has 0 saturated carbocycles. The number of hydrogen-bond donors (Lipinski definition) is 2. The van der Waals surface area contributed by atoms with Crippen LogP contribution in [0, 0.1) is 0 Å². The predicted octanol–water partition coefficient (Wildman–Crippen LogP) is 4.66. The monoisotopic (exact) mass is 653 g/mol. The SMILES string of the molecule is COc1ccc(OSP(=O)(OC[C@@]2(C(F)F)O[C@@H](n3cc(Cl)c(N)nc3=O)[C@H](F)[C@@H]2O)Oc2ccc(OC)cc2)cc1. The first-order valence-corrected chi connectivity index (χ1v) is 15.1. The van der Waals surface area contributed by atoms with Crippen molar-refractivity contribution in [2.24, 2.45) is 0 Å². The smallest absolute Gasteiger partial charge is 0.478 e. The van der Waals surface area contributed by atoms with Crippen molar-refractivity contribution in [3.63, 3.8) is 0 Å². The van der Waals surface area contributed by atoms with Crippen molar-refractivity contribution < 1.29 is 50.3 Å². The molecule has 42 heavy (non-hydrogen) atoms. The molecular weight excluding hydrogens is 630 g/mol. The van der Waals surface area contributed by atoms with Gasteiger partial charge in [-0.1, -0.05) is 11.6 Å². The van der Waals surface area contributed by atoms with Crippen LogP contribution in [-0.2, 0) is 13.8 Å². The molecule has 3 N–H and O–H groups in total. The summed E-state index contributed by atoms with van der Waals surface area (Å²) in [5.41, 5.74) is 1.16. The summed E-state index contributed by atoms with van der Waals surface area (Å²) >= 11 is 6.02. The number of rotatable bonds is 12. The van der Waals surface area contributed by atoms with Gasteiger partial charge in [0, 0.05) is 6.20 Å². The second-order valence-corrected chi connectivity index (χ2v) is 12.5. The highest BCUT2D eigenvalue weighted by Gasteiger charge is 2.62. The number of benzene rings is 2. The molecule has 0 amide bonds. The van der Waals surface area contributed by atoms with Crippen LogP contribution in [0.2, 0.25) is 5.02 Å². The Labute approximate surface area is 245 Å². The van der Waals surface area contributed by atoms with Crippen LogP contribution in [0.5, 0.6) is 23.0 Å². The Morgan fingerprint density at radius 3 is 2.21 bits per heavy atom. The van der Waals surface area contributed by atoms with E-state index >= 15 is 4.39 Å². The number of aliphatic hydroxyl groups is 1. The lowest BCUT2D eigenvalue weighted by atomic mass is 9.97. The quantitative estimate of drug-likeness (QED) is 0.206. The zero-order valence-corrected chi connectivity index (χ0v) is 24.2. The zero-order valence-electron chi connectivity index (χ0n) is 21.8. The van der Waals surface area contributed by atoms with Crippen LogP contribution in [0.4, 0.5) is 19.0 Å². The number of methoxy groups -OCH3 is 2. The van der Waals surface area contributed by atoms with Gasteiger partial charge in [0.1, 0.15) is 34.9 Å². The number of halogens is 4. The van der Waals surface area contributed by atoms with Crippen LogP contribution in [0.3, 0.4) is 0 Å². The highest BCUT2D eigenvalue weighted by molar-refractivity contribution is 8.52. The standard InChI is InChI=1S/C24H24ClF3N3O9PS/c1-35-13-3-7-15(8-4-13)39-41(34,42-40-16-9-5-14(36-2)6-10-16)37-12-24(22(27)28)19(32)18(26)21(38-24)31-11-17(25)20(29)30-23(31)33/h3-11,18-19,21-22,32H,12H2,1-2H3,(H2,29,30,33)/t18-,19+,21-,24-,41?/m1/s1. The molecule has 5 atom stereocenters. The molecule has 1 aliphatic rings. The van der Waals surface area contributed by atoms with E-state index in [0.717, 1.165) is 6.20 Å². The molecule has 0 aliphatic carbocycles. The van der Waals surface area contributed by atoms with Gasteiger partial charge in [-0.15, -0.1) is 0 Å². The number of ether oxygens (including phenoxy) is 3. The molecule has 0 bridgehead atoms. The van der Waals surface area contributed by atoms with Crippen LogP contribution in [-0.4, -0.2) is 59.8 Å². The largest absolute Gasteiger partial charge is 0.497 e. The number of nitrogen functional groups attached to an aromatic ring is 1. The van der Waals surface area contributed by atoms with E-state index in [-0.39, 0.29) is 34.0 Å². The van der Waals surface area contributed by atoms with E-state index in [0.29, 0.717) is 16.1 Å². The van der Waals surface area contributed by atoms with Crippen LogP contribution in [0.15, 0.2) is 59.5 Å². The molecule has 3 aromatic rings. The summed E-state index contributed by atoms with van der Waals surface area (Å²) < 4.78 is 90.1. The minimum atomic E-state index is -4.59. The normalized spacial score (nSPS) is 23.4. The van der Waals surface area contributed by atoms with Gasteiger partial charge in [-0.2, -0.15) is 4.98 Å². The average molecular weight is 654 g/mol. The van der Waals surface area contributed by atoms with Crippen LogP contribution in [0.25, 0.3) is 0 Å². The first-order valence-electron chi connectivity index (χ1n) is 11.8. The molecule has 4 rings (SSSR count). The van der Waals surface area contributed by atoms with Gasteiger partial charge in [0.05, 0.1) is 25.8 Å². The molecule has 1 saturated heterocycles.